The summed E-state index contributed by atoms with van der Waals surface area (Å²) in [6, 6.07) is 31.1. The lowest BCUT2D eigenvalue weighted by atomic mass is 10.0. The van der Waals surface area contributed by atoms with Gasteiger partial charge in [0.1, 0.15) is 18.3 Å². The van der Waals surface area contributed by atoms with Crippen LogP contribution < -0.4 is 14.4 Å². The molecule has 0 unspecified atom stereocenters. The first-order valence-corrected chi connectivity index (χ1v) is 17.1. The molecule has 0 spiro atoms. The SMILES string of the molecule is CCOc1ccc(S(=O)(=O)N(CC(=O)N(Cc2ccccc2)[C@H](Cc2ccccc2)C(=O)N[C@H](C)CC)c2ccc(C)cc2)cc1. The number of hydrogen-bond acceptors (Lipinski definition) is 5. The summed E-state index contributed by atoms with van der Waals surface area (Å²) in [6.45, 7) is 7.72. The molecule has 0 saturated heterocycles. The Morgan fingerprint density at radius 2 is 1.39 bits per heavy atom. The Morgan fingerprint density at radius 3 is 1.96 bits per heavy atom. The van der Waals surface area contributed by atoms with Crippen LogP contribution in [0.15, 0.2) is 114 Å². The Hall–Kier alpha value is -4.63. The molecule has 46 heavy (non-hydrogen) atoms. The molecule has 1 N–H and O–H groups in total. The molecule has 0 bridgehead atoms. The normalized spacial score (nSPS) is 12.5. The minimum atomic E-state index is -4.20. The van der Waals surface area contributed by atoms with E-state index in [0.717, 1.165) is 27.4 Å². The fraction of sp³-hybridized carbons (Fsp3) is 0.297. The average Bonchev–Trinajstić information content (AvgIpc) is 3.06. The minimum absolute atomic E-state index is 0.0225. The van der Waals surface area contributed by atoms with Crippen molar-refractivity contribution in [3.8, 4) is 5.75 Å². The number of benzene rings is 4. The van der Waals surface area contributed by atoms with E-state index in [1.165, 1.54) is 17.0 Å². The molecule has 4 aromatic carbocycles. The maximum atomic E-state index is 14.5. The average molecular weight is 642 g/mol. The summed E-state index contributed by atoms with van der Waals surface area (Å²) < 4.78 is 35.1. The van der Waals surface area contributed by atoms with Crippen LogP contribution in [0.5, 0.6) is 5.75 Å². The van der Waals surface area contributed by atoms with E-state index >= 15 is 0 Å². The van der Waals surface area contributed by atoms with Gasteiger partial charge in [-0.15, -0.1) is 0 Å². The van der Waals surface area contributed by atoms with E-state index in [4.69, 9.17) is 4.74 Å². The van der Waals surface area contributed by atoms with Crippen LogP contribution in [0.2, 0.25) is 0 Å². The molecule has 2 atom stereocenters. The van der Waals surface area contributed by atoms with Gasteiger partial charge in [-0.3, -0.25) is 13.9 Å². The van der Waals surface area contributed by atoms with E-state index in [2.05, 4.69) is 5.32 Å². The number of carbonyl (C=O) groups is 2. The van der Waals surface area contributed by atoms with Gasteiger partial charge in [-0.1, -0.05) is 85.3 Å². The fourth-order valence-electron chi connectivity index (χ4n) is 5.02. The van der Waals surface area contributed by atoms with Crippen LogP contribution in [0.25, 0.3) is 0 Å². The number of amides is 2. The van der Waals surface area contributed by atoms with Gasteiger partial charge in [0.05, 0.1) is 17.2 Å². The summed E-state index contributed by atoms with van der Waals surface area (Å²) in [5.41, 5.74) is 3.00. The van der Waals surface area contributed by atoms with Crippen molar-refractivity contribution in [3.05, 3.63) is 126 Å². The molecule has 0 heterocycles. The number of ether oxygens (including phenoxy) is 1. The Bertz CT molecular complexity index is 1660. The first-order chi connectivity index (χ1) is 22.1. The Labute approximate surface area is 273 Å². The standard InChI is InChI=1S/C37H43N3O5S/c1-5-29(4)38-37(42)35(25-30-13-9-7-10-14-30)39(26-31-15-11-8-12-16-31)36(41)27-40(32-19-17-28(3)18-20-32)46(43,44)34-23-21-33(22-24-34)45-6-2/h7-24,29,35H,5-6,25-27H2,1-4H3,(H,38,42)/t29-,35-/m1/s1. The highest BCUT2D eigenvalue weighted by atomic mass is 32.2. The number of carbonyl (C=O) groups excluding carboxylic acids is 2. The molecule has 4 rings (SSSR count). The number of hydrogen-bond donors (Lipinski definition) is 1. The van der Waals surface area contributed by atoms with E-state index in [9.17, 15) is 18.0 Å². The molecule has 242 valence electrons. The zero-order valence-corrected chi connectivity index (χ0v) is 27.7. The van der Waals surface area contributed by atoms with Gasteiger partial charge < -0.3 is 15.0 Å². The molecule has 8 nitrogen and oxygen atoms in total. The lowest BCUT2D eigenvalue weighted by Crippen LogP contribution is -2.54. The van der Waals surface area contributed by atoms with Gasteiger partial charge in [-0.05, 0) is 74.7 Å². The largest absolute Gasteiger partial charge is 0.494 e. The Morgan fingerprint density at radius 1 is 0.804 bits per heavy atom. The van der Waals surface area contributed by atoms with Crippen molar-refractivity contribution >= 4 is 27.5 Å². The van der Waals surface area contributed by atoms with Gasteiger partial charge in [0, 0.05) is 19.0 Å². The summed E-state index contributed by atoms with van der Waals surface area (Å²) in [5, 5.41) is 3.06. The van der Waals surface area contributed by atoms with E-state index in [-0.39, 0.29) is 29.8 Å². The van der Waals surface area contributed by atoms with Gasteiger partial charge in [0.15, 0.2) is 0 Å². The maximum Gasteiger partial charge on any atom is 0.264 e. The van der Waals surface area contributed by atoms with Crippen LogP contribution >= 0.6 is 0 Å². The molecule has 0 saturated carbocycles. The predicted molar refractivity (Wildman–Crippen MR) is 182 cm³/mol. The van der Waals surface area contributed by atoms with Crippen LogP contribution in [0.1, 0.15) is 43.9 Å². The van der Waals surface area contributed by atoms with Crippen LogP contribution in [0.3, 0.4) is 0 Å². The summed E-state index contributed by atoms with van der Waals surface area (Å²) in [6.07, 6.45) is 0.982. The maximum absolute atomic E-state index is 14.5. The molecule has 2 amide bonds. The number of sulfonamides is 1. The van der Waals surface area contributed by atoms with Crippen LogP contribution in [-0.4, -0.2) is 50.4 Å². The third kappa shape index (κ3) is 8.97. The van der Waals surface area contributed by atoms with Crippen molar-refractivity contribution < 1.29 is 22.7 Å². The van der Waals surface area contributed by atoms with Crippen molar-refractivity contribution in [1.29, 1.82) is 0 Å². The van der Waals surface area contributed by atoms with Crippen LogP contribution in [-0.2, 0) is 32.6 Å². The summed E-state index contributed by atoms with van der Waals surface area (Å²) in [7, 11) is -4.20. The van der Waals surface area contributed by atoms with Crippen LogP contribution in [0, 0.1) is 6.92 Å². The molecule has 0 aliphatic heterocycles. The third-order valence-corrected chi connectivity index (χ3v) is 9.58. The number of rotatable bonds is 15. The number of anilines is 1. The van der Waals surface area contributed by atoms with E-state index in [0.29, 0.717) is 18.0 Å². The van der Waals surface area contributed by atoms with Gasteiger partial charge in [-0.25, -0.2) is 8.42 Å². The van der Waals surface area contributed by atoms with E-state index in [1.807, 2.05) is 88.4 Å². The molecule has 9 heteroatoms. The van der Waals surface area contributed by atoms with Crippen LogP contribution in [0.4, 0.5) is 5.69 Å². The van der Waals surface area contributed by atoms with Crippen molar-refractivity contribution in [2.24, 2.45) is 0 Å². The molecule has 0 aromatic heterocycles. The molecule has 0 aliphatic rings. The third-order valence-electron chi connectivity index (χ3n) is 7.79. The lowest BCUT2D eigenvalue weighted by molar-refractivity contribution is -0.140. The van der Waals surface area contributed by atoms with Gasteiger partial charge in [-0.2, -0.15) is 0 Å². The quantitative estimate of drug-likeness (QED) is 0.168. The topological polar surface area (TPSA) is 96.0 Å². The number of aryl methyl sites for hydroxylation is 1. The zero-order chi connectivity index (χ0) is 33.1. The lowest BCUT2D eigenvalue weighted by Gasteiger charge is -2.34. The fourth-order valence-corrected chi connectivity index (χ4v) is 6.43. The first-order valence-electron chi connectivity index (χ1n) is 15.6. The zero-order valence-electron chi connectivity index (χ0n) is 26.9. The summed E-state index contributed by atoms with van der Waals surface area (Å²) >= 11 is 0. The molecular formula is C37H43N3O5S. The van der Waals surface area contributed by atoms with Gasteiger partial charge in [0.2, 0.25) is 11.8 Å². The van der Waals surface area contributed by atoms with E-state index < -0.39 is 28.5 Å². The van der Waals surface area contributed by atoms with Crippen molar-refractivity contribution in [2.45, 2.75) is 64.1 Å². The highest BCUT2D eigenvalue weighted by Crippen LogP contribution is 2.27. The molecule has 0 aliphatic carbocycles. The number of nitrogens with one attached hydrogen (secondary N) is 1. The van der Waals surface area contributed by atoms with Crippen molar-refractivity contribution in [3.63, 3.8) is 0 Å². The molecule has 4 aromatic rings. The smallest absolute Gasteiger partial charge is 0.264 e. The molecule has 0 radical (unpaired) electrons. The molecular weight excluding hydrogens is 598 g/mol. The summed E-state index contributed by atoms with van der Waals surface area (Å²) in [5.74, 6) is -0.248. The monoisotopic (exact) mass is 641 g/mol. The van der Waals surface area contributed by atoms with Crippen molar-refractivity contribution in [1.82, 2.24) is 10.2 Å². The number of nitrogens with zero attached hydrogens (tertiary/aromatic N) is 2. The predicted octanol–water partition coefficient (Wildman–Crippen LogP) is 6.14. The minimum Gasteiger partial charge on any atom is -0.494 e. The first kappa shape index (κ1) is 34.2. The second-order valence-corrected chi connectivity index (χ2v) is 13.1. The molecule has 0 fully saturated rings. The summed E-state index contributed by atoms with van der Waals surface area (Å²) in [4.78, 5) is 30.0. The second kappa shape index (κ2) is 16.1. The van der Waals surface area contributed by atoms with Gasteiger partial charge in [0.25, 0.3) is 10.0 Å². The second-order valence-electron chi connectivity index (χ2n) is 11.3. The Kier molecular flexibility index (Phi) is 12.0. The van der Waals surface area contributed by atoms with E-state index in [1.54, 1.807) is 36.4 Å². The van der Waals surface area contributed by atoms with Crippen molar-refractivity contribution in [2.75, 3.05) is 17.5 Å². The van der Waals surface area contributed by atoms with Gasteiger partial charge >= 0.3 is 0 Å². The highest BCUT2D eigenvalue weighted by molar-refractivity contribution is 7.92. The Balaban J connectivity index is 1.78. The highest BCUT2D eigenvalue weighted by Gasteiger charge is 2.35.